The quantitative estimate of drug-likeness (QED) is 0.444. The van der Waals surface area contributed by atoms with Crippen LogP contribution in [-0.2, 0) is 14.6 Å². The van der Waals surface area contributed by atoms with E-state index in [0.717, 1.165) is 23.5 Å². The number of thioether (sulfide) groups is 1. The number of amides is 1. The lowest BCUT2D eigenvalue weighted by Gasteiger charge is -2.08. The molecule has 3 rings (SSSR count). The van der Waals surface area contributed by atoms with E-state index in [1.54, 1.807) is 19.1 Å². The number of aromatic amines is 1. The molecule has 2 N–H and O–H groups in total. The standard InChI is InChI=1S/C20H18FN3O4S2/c1-12-3-8-16(13(2)9-12)30(27,28)17-10-22-20(24-19(17)26)29-11-18(25)23-15-6-4-14(21)5-7-15/h3-10H,11H2,1-2H3,(H,23,25)(H,22,24,26). The van der Waals surface area contributed by atoms with Gasteiger partial charge in [-0.3, -0.25) is 9.59 Å². The lowest BCUT2D eigenvalue weighted by molar-refractivity contribution is -0.113. The summed E-state index contributed by atoms with van der Waals surface area (Å²) < 4.78 is 38.6. The number of aromatic nitrogens is 2. The van der Waals surface area contributed by atoms with Gasteiger partial charge < -0.3 is 10.3 Å². The van der Waals surface area contributed by atoms with E-state index in [0.29, 0.717) is 11.3 Å². The van der Waals surface area contributed by atoms with Crippen molar-refractivity contribution in [2.24, 2.45) is 0 Å². The molecule has 156 valence electrons. The molecule has 0 spiro atoms. The number of hydrogen-bond donors (Lipinski definition) is 2. The second-order valence-electron chi connectivity index (χ2n) is 6.50. The number of rotatable bonds is 6. The normalized spacial score (nSPS) is 11.3. The Bertz CT molecular complexity index is 1260. The van der Waals surface area contributed by atoms with Crippen LogP contribution in [0.1, 0.15) is 11.1 Å². The zero-order valence-corrected chi connectivity index (χ0v) is 17.7. The van der Waals surface area contributed by atoms with Gasteiger partial charge in [-0.1, -0.05) is 29.5 Å². The molecule has 0 fully saturated rings. The monoisotopic (exact) mass is 447 g/mol. The molecule has 0 saturated carbocycles. The minimum Gasteiger partial charge on any atom is -0.325 e. The fourth-order valence-electron chi connectivity index (χ4n) is 2.72. The first kappa shape index (κ1) is 21.7. The van der Waals surface area contributed by atoms with Gasteiger partial charge in [0.1, 0.15) is 5.82 Å². The van der Waals surface area contributed by atoms with Crippen molar-refractivity contribution in [3.05, 3.63) is 76.0 Å². The van der Waals surface area contributed by atoms with Gasteiger partial charge in [-0.05, 0) is 49.7 Å². The number of H-pyrrole nitrogens is 1. The summed E-state index contributed by atoms with van der Waals surface area (Å²) in [4.78, 5) is 30.3. The van der Waals surface area contributed by atoms with Crippen molar-refractivity contribution < 1.29 is 17.6 Å². The molecule has 0 unspecified atom stereocenters. The van der Waals surface area contributed by atoms with Crippen LogP contribution >= 0.6 is 11.8 Å². The minimum atomic E-state index is -4.03. The lowest BCUT2D eigenvalue weighted by atomic mass is 10.2. The Hall–Kier alpha value is -2.98. The molecule has 0 aliphatic rings. The number of aryl methyl sites for hydroxylation is 2. The van der Waals surface area contributed by atoms with Crippen LogP contribution in [0.2, 0.25) is 0 Å². The van der Waals surface area contributed by atoms with Gasteiger partial charge >= 0.3 is 0 Å². The molecule has 0 aliphatic heterocycles. The molecule has 1 amide bonds. The predicted molar refractivity (Wildman–Crippen MR) is 112 cm³/mol. The molecular formula is C20H18FN3O4S2. The number of nitrogens with zero attached hydrogens (tertiary/aromatic N) is 1. The second-order valence-corrected chi connectivity index (χ2v) is 9.35. The third-order valence-corrected chi connectivity index (χ3v) is 6.92. The minimum absolute atomic E-state index is 0.0412. The van der Waals surface area contributed by atoms with Crippen LogP contribution in [0, 0.1) is 19.7 Å². The summed E-state index contributed by atoms with van der Waals surface area (Å²) in [5, 5.41) is 2.69. The lowest BCUT2D eigenvalue weighted by Crippen LogP contribution is -2.20. The van der Waals surface area contributed by atoms with Gasteiger partial charge in [0.2, 0.25) is 15.7 Å². The summed E-state index contributed by atoms with van der Waals surface area (Å²) in [6.07, 6.45) is 0.994. The van der Waals surface area contributed by atoms with Crippen LogP contribution in [0.4, 0.5) is 10.1 Å². The number of sulfone groups is 1. The maximum absolute atomic E-state index is 12.9. The second kappa shape index (κ2) is 8.80. The molecule has 7 nitrogen and oxygen atoms in total. The molecule has 0 atom stereocenters. The molecule has 2 aromatic carbocycles. The Balaban J connectivity index is 1.72. The van der Waals surface area contributed by atoms with Crippen molar-refractivity contribution in [1.82, 2.24) is 9.97 Å². The average Bonchev–Trinajstić information content (AvgIpc) is 2.67. The topological polar surface area (TPSA) is 109 Å². The number of benzene rings is 2. The number of carbonyl (C=O) groups is 1. The summed E-state index contributed by atoms with van der Waals surface area (Å²) >= 11 is 0.938. The molecule has 0 radical (unpaired) electrons. The van der Waals surface area contributed by atoms with Crippen LogP contribution in [0.5, 0.6) is 0 Å². The number of hydrogen-bond acceptors (Lipinski definition) is 6. The molecule has 1 heterocycles. The van der Waals surface area contributed by atoms with Gasteiger partial charge in [0.15, 0.2) is 10.1 Å². The first-order valence-electron chi connectivity index (χ1n) is 8.77. The van der Waals surface area contributed by atoms with E-state index in [1.807, 2.05) is 6.92 Å². The Morgan fingerprint density at radius 3 is 2.47 bits per heavy atom. The average molecular weight is 448 g/mol. The molecular weight excluding hydrogens is 429 g/mol. The molecule has 0 bridgehead atoms. The Morgan fingerprint density at radius 1 is 1.13 bits per heavy atom. The maximum Gasteiger partial charge on any atom is 0.270 e. The van der Waals surface area contributed by atoms with Gasteiger partial charge in [-0.25, -0.2) is 17.8 Å². The van der Waals surface area contributed by atoms with Crippen molar-refractivity contribution in [2.75, 3.05) is 11.1 Å². The maximum atomic E-state index is 12.9. The summed E-state index contributed by atoms with van der Waals surface area (Å²) in [6.45, 7) is 3.50. The predicted octanol–water partition coefficient (Wildman–Crippen LogP) is 3.09. The third kappa shape index (κ3) is 4.95. The fraction of sp³-hybridized carbons (Fsp3) is 0.150. The van der Waals surface area contributed by atoms with Crippen molar-refractivity contribution in [1.29, 1.82) is 0 Å². The number of anilines is 1. The Morgan fingerprint density at radius 2 is 1.83 bits per heavy atom. The van der Waals surface area contributed by atoms with Crippen LogP contribution in [0.3, 0.4) is 0 Å². The highest BCUT2D eigenvalue weighted by atomic mass is 32.2. The van der Waals surface area contributed by atoms with Crippen molar-refractivity contribution in [2.45, 2.75) is 28.8 Å². The van der Waals surface area contributed by atoms with Gasteiger partial charge in [0, 0.05) is 5.69 Å². The van der Waals surface area contributed by atoms with Crippen LogP contribution in [0.15, 0.2) is 68.4 Å². The van der Waals surface area contributed by atoms with E-state index in [9.17, 15) is 22.4 Å². The zero-order valence-electron chi connectivity index (χ0n) is 16.1. The van der Waals surface area contributed by atoms with E-state index >= 15 is 0 Å². The molecule has 30 heavy (non-hydrogen) atoms. The molecule has 0 aliphatic carbocycles. The van der Waals surface area contributed by atoms with E-state index in [1.165, 1.54) is 30.3 Å². The molecule has 3 aromatic rings. The number of halogens is 1. The highest BCUT2D eigenvalue weighted by molar-refractivity contribution is 7.99. The smallest absolute Gasteiger partial charge is 0.270 e. The van der Waals surface area contributed by atoms with E-state index in [-0.39, 0.29) is 21.7 Å². The van der Waals surface area contributed by atoms with Crippen LogP contribution in [0.25, 0.3) is 0 Å². The zero-order chi connectivity index (χ0) is 21.9. The number of nitrogens with one attached hydrogen (secondary N) is 2. The van der Waals surface area contributed by atoms with Crippen molar-refractivity contribution in [3.8, 4) is 0 Å². The molecule has 0 saturated heterocycles. The van der Waals surface area contributed by atoms with Gasteiger partial charge in [-0.15, -0.1) is 0 Å². The van der Waals surface area contributed by atoms with Gasteiger partial charge in [-0.2, -0.15) is 0 Å². The summed E-state index contributed by atoms with van der Waals surface area (Å²) in [5.74, 6) is -0.884. The van der Waals surface area contributed by atoms with E-state index in [2.05, 4.69) is 15.3 Å². The Kier molecular flexibility index (Phi) is 6.37. The molecule has 1 aromatic heterocycles. The SMILES string of the molecule is Cc1ccc(S(=O)(=O)c2cnc(SCC(=O)Nc3ccc(F)cc3)[nH]c2=O)c(C)c1. The third-order valence-electron chi connectivity index (χ3n) is 4.12. The first-order chi connectivity index (χ1) is 14.2. The Labute approximate surface area is 176 Å². The summed E-state index contributed by atoms with van der Waals surface area (Å²) in [5.41, 5.74) is 1.05. The van der Waals surface area contributed by atoms with Gasteiger partial charge in [0.05, 0.1) is 16.8 Å². The van der Waals surface area contributed by atoms with Crippen LogP contribution in [-0.4, -0.2) is 30.0 Å². The summed E-state index contributed by atoms with van der Waals surface area (Å²) in [6, 6.07) is 10.1. The van der Waals surface area contributed by atoms with E-state index in [4.69, 9.17) is 0 Å². The fourth-order valence-corrected chi connectivity index (χ4v) is 4.80. The first-order valence-corrected chi connectivity index (χ1v) is 11.2. The summed E-state index contributed by atoms with van der Waals surface area (Å²) in [7, 11) is -4.03. The molecule has 10 heteroatoms. The van der Waals surface area contributed by atoms with Crippen LogP contribution < -0.4 is 10.9 Å². The van der Waals surface area contributed by atoms with Crippen molar-refractivity contribution in [3.63, 3.8) is 0 Å². The number of carbonyl (C=O) groups excluding carboxylic acids is 1. The highest BCUT2D eigenvalue weighted by Crippen LogP contribution is 2.23. The van der Waals surface area contributed by atoms with Crippen molar-refractivity contribution >= 4 is 33.2 Å². The largest absolute Gasteiger partial charge is 0.325 e. The highest BCUT2D eigenvalue weighted by Gasteiger charge is 2.24. The van der Waals surface area contributed by atoms with E-state index < -0.39 is 26.1 Å². The van der Waals surface area contributed by atoms with Gasteiger partial charge in [0.25, 0.3) is 5.56 Å².